The molecule has 5 atom stereocenters. The van der Waals surface area contributed by atoms with Crippen LogP contribution in [0.15, 0.2) is 97.1 Å². The topological polar surface area (TPSA) is 40.5 Å². The van der Waals surface area contributed by atoms with Gasteiger partial charge in [0.1, 0.15) is 11.5 Å². The van der Waals surface area contributed by atoms with E-state index >= 15 is 0 Å². The van der Waals surface area contributed by atoms with Crippen LogP contribution in [-0.4, -0.2) is 10.2 Å². The predicted molar refractivity (Wildman–Crippen MR) is 150 cm³/mol. The zero-order valence-electron chi connectivity index (χ0n) is 21.4. The zero-order valence-corrected chi connectivity index (χ0v) is 21.4. The summed E-state index contributed by atoms with van der Waals surface area (Å²) in [5, 5.41) is 21.6. The van der Waals surface area contributed by atoms with Gasteiger partial charge in [-0.1, -0.05) is 79.7 Å². The van der Waals surface area contributed by atoms with Gasteiger partial charge in [0.25, 0.3) is 0 Å². The van der Waals surface area contributed by atoms with E-state index in [4.69, 9.17) is 0 Å². The molecule has 186 valence electrons. The van der Waals surface area contributed by atoms with Gasteiger partial charge in [-0.3, -0.25) is 0 Å². The third kappa shape index (κ3) is 3.45. The van der Waals surface area contributed by atoms with Gasteiger partial charge in [0.05, 0.1) is 0 Å². The van der Waals surface area contributed by atoms with Crippen LogP contribution in [0, 0.1) is 17.8 Å². The summed E-state index contributed by atoms with van der Waals surface area (Å²) >= 11 is 0. The standard InChI is InChI=1S/C35H34O2/c1-23-27-16-24-19-34(21-27,28-12-14-32(36)30(17-28)25-8-4-2-5-9-25)22-35(23,20-24)29-13-15-33(37)31(18-29)26-10-6-3-7-11-26/h2-15,17-18,23-24,27,36-37H,16,19-22H2,1H3. The minimum absolute atomic E-state index is 0.103. The van der Waals surface area contributed by atoms with Gasteiger partial charge in [-0.25, -0.2) is 0 Å². The van der Waals surface area contributed by atoms with Gasteiger partial charge in [0.2, 0.25) is 0 Å². The summed E-state index contributed by atoms with van der Waals surface area (Å²) in [6.45, 7) is 2.48. The van der Waals surface area contributed by atoms with Crippen LogP contribution in [0.4, 0.5) is 0 Å². The van der Waals surface area contributed by atoms with Gasteiger partial charge < -0.3 is 10.2 Å². The summed E-state index contributed by atoms with van der Waals surface area (Å²) in [5.74, 6) is 2.73. The van der Waals surface area contributed by atoms with Crippen LogP contribution in [0.25, 0.3) is 22.3 Å². The fourth-order valence-electron chi connectivity index (χ4n) is 8.63. The second-order valence-corrected chi connectivity index (χ2v) is 12.1. The average molecular weight is 487 g/mol. The highest BCUT2D eigenvalue weighted by molar-refractivity contribution is 5.72. The molecule has 2 nitrogen and oxygen atoms in total. The van der Waals surface area contributed by atoms with Crippen molar-refractivity contribution < 1.29 is 10.2 Å². The number of phenolic OH excluding ortho intramolecular Hbond substituents is 2. The minimum atomic E-state index is 0.103. The third-order valence-corrected chi connectivity index (χ3v) is 10.2. The van der Waals surface area contributed by atoms with E-state index in [1.807, 2.05) is 48.5 Å². The summed E-state index contributed by atoms with van der Waals surface area (Å²) in [7, 11) is 0. The summed E-state index contributed by atoms with van der Waals surface area (Å²) in [6.07, 6.45) is 6.16. The van der Waals surface area contributed by atoms with Crippen molar-refractivity contribution in [2.24, 2.45) is 17.8 Å². The molecule has 4 saturated carbocycles. The molecule has 4 bridgehead atoms. The molecule has 37 heavy (non-hydrogen) atoms. The van der Waals surface area contributed by atoms with Crippen molar-refractivity contribution in [1.29, 1.82) is 0 Å². The Bertz CT molecular complexity index is 1460. The Hall–Kier alpha value is -3.52. The molecule has 0 radical (unpaired) electrons. The highest BCUT2D eigenvalue weighted by atomic mass is 16.3. The highest BCUT2D eigenvalue weighted by Gasteiger charge is 2.62. The van der Waals surface area contributed by atoms with Crippen LogP contribution in [0.5, 0.6) is 11.5 Å². The number of benzene rings is 4. The van der Waals surface area contributed by atoms with Crippen LogP contribution in [0.1, 0.15) is 50.2 Å². The smallest absolute Gasteiger partial charge is 0.123 e. The summed E-state index contributed by atoms with van der Waals surface area (Å²) in [5.41, 5.74) is 7.01. The summed E-state index contributed by atoms with van der Waals surface area (Å²) in [4.78, 5) is 0. The lowest BCUT2D eigenvalue weighted by Gasteiger charge is -2.66. The van der Waals surface area contributed by atoms with E-state index in [1.165, 1.54) is 36.8 Å². The summed E-state index contributed by atoms with van der Waals surface area (Å²) < 4.78 is 0. The van der Waals surface area contributed by atoms with Gasteiger partial charge in [-0.2, -0.15) is 0 Å². The fourth-order valence-corrected chi connectivity index (χ4v) is 8.63. The van der Waals surface area contributed by atoms with Gasteiger partial charge in [-0.05, 0) is 107 Å². The van der Waals surface area contributed by atoms with E-state index in [-0.39, 0.29) is 10.8 Å². The van der Waals surface area contributed by atoms with Crippen molar-refractivity contribution in [3.8, 4) is 33.8 Å². The third-order valence-electron chi connectivity index (χ3n) is 10.2. The van der Waals surface area contributed by atoms with Crippen LogP contribution in [-0.2, 0) is 10.8 Å². The molecule has 0 amide bonds. The average Bonchev–Trinajstić information content (AvgIpc) is 2.92. The molecule has 2 heteroatoms. The number of hydrogen-bond donors (Lipinski definition) is 2. The number of hydrogen-bond acceptors (Lipinski definition) is 2. The van der Waals surface area contributed by atoms with E-state index in [0.717, 1.165) is 28.7 Å². The van der Waals surface area contributed by atoms with Gasteiger partial charge in [-0.15, -0.1) is 0 Å². The van der Waals surface area contributed by atoms with E-state index in [9.17, 15) is 10.2 Å². The molecule has 0 spiro atoms. The van der Waals surface area contributed by atoms with Crippen molar-refractivity contribution in [3.63, 3.8) is 0 Å². The number of aromatic hydroxyl groups is 2. The lowest BCUT2D eigenvalue weighted by molar-refractivity contribution is -0.0726. The Kier molecular flexibility index (Phi) is 5.05. The molecular weight excluding hydrogens is 452 g/mol. The van der Waals surface area contributed by atoms with Crippen LogP contribution in [0.2, 0.25) is 0 Å². The van der Waals surface area contributed by atoms with Gasteiger partial charge >= 0.3 is 0 Å². The highest BCUT2D eigenvalue weighted by Crippen LogP contribution is 2.68. The van der Waals surface area contributed by atoms with Crippen LogP contribution >= 0.6 is 0 Å². The van der Waals surface area contributed by atoms with Crippen LogP contribution in [0.3, 0.4) is 0 Å². The molecule has 4 aliphatic rings. The first kappa shape index (κ1) is 22.7. The fraction of sp³-hybridized carbons (Fsp3) is 0.314. The van der Waals surface area contributed by atoms with Crippen molar-refractivity contribution in [1.82, 2.24) is 0 Å². The van der Waals surface area contributed by atoms with E-state index in [1.54, 1.807) is 0 Å². The van der Waals surface area contributed by atoms with Crippen molar-refractivity contribution in [3.05, 3.63) is 108 Å². The first-order chi connectivity index (χ1) is 18.0. The SMILES string of the molecule is CC1C2CC3CC(c4ccc(O)c(-c5ccccc5)c4)(C2)CC1(c1ccc(O)c(-c2ccccc2)c1)C3. The molecule has 8 rings (SSSR count). The number of rotatable bonds is 4. The monoisotopic (exact) mass is 486 g/mol. The molecule has 4 aromatic carbocycles. The van der Waals surface area contributed by atoms with E-state index in [2.05, 4.69) is 55.5 Å². The maximum absolute atomic E-state index is 10.8. The molecule has 2 N–H and O–H groups in total. The maximum atomic E-state index is 10.8. The maximum Gasteiger partial charge on any atom is 0.123 e. The van der Waals surface area contributed by atoms with Crippen molar-refractivity contribution in [2.45, 2.75) is 49.9 Å². The Balaban J connectivity index is 1.35. The molecule has 4 aliphatic carbocycles. The first-order valence-corrected chi connectivity index (χ1v) is 13.8. The molecule has 0 heterocycles. The molecule has 0 aromatic heterocycles. The second-order valence-electron chi connectivity index (χ2n) is 12.1. The Morgan fingerprint density at radius 1 is 0.649 bits per heavy atom. The second kappa shape index (κ2) is 8.25. The predicted octanol–water partition coefficient (Wildman–Crippen LogP) is 8.47. The number of phenols is 2. The Morgan fingerprint density at radius 3 is 1.84 bits per heavy atom. The van der Waals surface area contributed by atoms with Crippen LogP contribution < -0.4 is 0 Å². The molecule has 5 unspecified atom stereocenters. The van der Waals surface area contributed by atoms with E-state index < -0.39 is 0 Å². The zero-order chi connectivity index (χ0) is 25.2. The van der Waals surface area contributed by atoms with Crippen molar-refractivity contribution >= 4 is 0 Å². The molecule has 4 aromatic rings. The normalized spacial score (nSPS) is 29.9. The quantitative estimate of drug-likeness (QED) is 0.304. The lowest BCUT2D eigenvalue weighted by atomic mass is 9.38. The first-order valence-electron chi connectivity index (χ1n) is 13.8. The summed E-state index contributed by atoms with van der Waals surface area (Å²) in [6, 6.07) is 33.4. The van der Waals surface area contributed by atoms with Crippen molar-refractivity contribution in [2.75, 3.05) is 0 Å². The molecular formula is C35H34O2. The lowest BCUT2D eigenvalue weighted by Crippen LogP contribution is -2.60. The van der Waals surface area contributed by atoms with E-state index in [0.29, 0.717) is 29.3 Å². The largest absolute Gasteiger partial charge is 0.507 e. The molecule has 4 fully saturated rings. The van der Waals surface area contributed by atoms with Gasteiger partial charge in [0, 0.05) is 11.1 Å². The molecule has 0 saturated heterocycles. The van der Waals surface area contributed by atoms with Gasteiger partial charge in [0.15, 0.2) is 0 Å². The Morgan fingerprint density at radius 2 is 1.22 bits per heavy atom. The minimum Gasteiger partial charge on any atom is -0.507 e. The Labute approximate surface area is 219 Å². The molecule has 0 aliphatic heterocycles.